The fourth-order valence-corrected chi connectivity index (χ4v) is 5.22. The van der Waals surface area contributed by atoms with E-state index in [2.05, 4.69) is 10.2 Å². The molecule has 0 radical (unpaired) electrons. The van der Waals surface area contributed by atoms with Crippen LogP contribution in [0.15, 0.2) is 48.5 Å². The van der Waals surface area contributed by atoms with Gasteiger partial charge in [0.15, 0.2) is 0 Å². The van der Waals surface area contributed by atoms with E-state index in [-0.39, 0.29) is 30.3 Å². The predicted octanol–water partition coefficient (Wildman–Crippen LogP) is 2.90. The van der Waals surface area contributed by atoms with Gasteiger partial charge < -0.3 is 29.5 Å². The Bertz CT molecular complexity index is 1110. The highest BCUT2D eigenvalue weighted by Gasteiger charge is 2.54. The highest BCUT2D eigenvalue weighted by Crippen LogP contribution is 2.40. The third kappa shape index (κ3) is 5.08. The van der Waals surface area contributed by atoms with Crippen molar-refractivity contribution >= 4 is 23.4 Å². The number of nitrogens with zero attached hydrogens (tertiary/aromatic N) is 3. The zero-order chi connectivity index (χ0) is 26.6. The lowest BCUT2D eigenvalue weighted by Crippen LogP contribution is -2.57. The van der Waals surface area contributed by atoms with Gasteiger partial charge >= 0.3 is 0 Å². The van der Waals surface area contributed by atoms with Crippen LogP contribution in [0.3, 0.4) is 0 Å². The molecular weight excluding hydrogens is 472 g/mol. The molecule has 1 N–H and O–H groups in total. The minimum Gasteiger partial charge on any atom is -0.496 e. The smallest absolute Gasteiger partial charge is 0.261 e. The summed E-state index contributed by atoms with van der Waals surface area (Å²) in [5.74, 6) is 0.476. The molecule has 2 fully saturated rings. The Hall–Kier alpha value is -3.75. The normalized spacial score (nSPS) is 17.6. The van der Waals surface area contributed by atoms with Crippen LogP contribution in [-0.2, 0) is 9.59 Å². The van der Waals surface area contributed by atoms with Crippen LogP contribution >= 0.6 is 0 Å². The summed E-state index contributed by atoms with van der Waals surface area (Å²) < 4.78 is 10.9. The standard InChI is InChI=1S/C28H36N4O5/c1-5-20(2)29-24(33)18-31-19-32(21-10-7-6-8-11-21)28(27(31)35)14-16-30(17-15-28)26(34)25-22(36-3)12-9-13-23(25)37-4/h6-13,20H,5,14-19H2,1-4H3,(H,29,33). The molecule has 4 rings (SSSR count). The van der Waals surface area contributed by atoms with E-state index in [1.165, 1.54) is 14.2 Å². The van der Waals surface area contributed by atoms with E-state index < -0.39 is 5.54 Å². The van der Waals surface area contributed by atoms with Gasteiger partial charge in [0, 0.05) is 24.8 Å². The number of hydrogen-bond donors (Lipinski definition) is 1. The van der Waals surface area contributed by atoms with Gasteiger partial charge in [-0.15, -0.1) is 0 Å². The van der Waals surface area contributed by atoms with Crippen LogP contribution in [0, 0.1) is 0 Å². The minimum absolute atomic E-state index is 0.00924. The number of likely N-dealkylation sites (tertiary alicyclic amines) is 1. The van der Waals surface area contributed by atoms with Crippen molar-refractivity contribution in [3.63, 3.8) is 0 Å². The van der Waals surface area contributed by atoms with E-state index in [9.17, 15) is 14.4 Å². The first kappa shape index (κ1) is 26.3. The number of ether oxygens (including phenoxy) is 2. The van der Waals surface area contributed by atoms with Gasteiger partial charge in [-0.05, 0) is 50.5 Å². The molecule has 2 aliphatic heterocycles. The number of benzene rings is 2. The largest absolute Gasteiger partial charge is 0.496 e. The Labute approximate surface area is 218 Å². The van der Waals surface area contributed by atoms with Crippen LogP contribution in [0.25, 0.3) is 0 Å². The van der Waals surface area contributed by atoms with Crippen molar-refractivity contribution in [1.82, 2.24) is 15.1 Å². The fourth-order valence-electron chi connectivity index (χ4n) is 5.22. The van der Waals surface area contributed by atoms with Gasteiger partial charge in [-0.2, -0.15) is 0 Å². The number of methoxy groups -OCH3 is 2. The molecule has 1 unspecified atom stereocenters. The molecule has 0 bridgehead atoms. The van der Waals surface area contributed by atoms with Gasteiger partial charge in [-0.25, -0.2) is 0 Å². The van der Waals surface area contributed by atoms with E-state index in [1.807, 2.05) is 44.2 Å². The van der Waals surface area contributed by atoms with Crippen LogP contribution < -0.4 is 19.7 Å². The lowest BCUT2D eigenvalue weighted by molar-refractivity contribution is -0.137. The topological polar surface area (TPSA) is 91.4 Å². The molecule has 37 heavy (non-hydrogen) atoms. The second-order valence-corrected chi connectivity index (χ2v) is 9.65. The van der Waals surface area contributed by atoms with E-state index in [4.69, 9.17) is 9.47 Å². The molecular formula is C28H36N4O5. The number of carbonyl (C=O) groups is 3. The number of piperidine rings is 1. The van der Waals surface area contributed by atoms with Crippen molar-refractivity contribution in [2.45, 2.75) is 44.7 Å². The number of rotatable bonds is 8. The second kappa shape index (κ2) is 11.1. The summed E-state index contributed by atoms with van der Waals surface area (Å²) in [6.45, 7) is 5.07. The molecule has 1 atom stereocenters. The molecule has 1 spiro atoms. The van der Waals surface area contributed by atoms with E-state index in [1.54, 1.807) is 28.0 Å². The van der Waals surface area contributed by atoms with Gasteiger partial charge in [0.25, 0.3) is 11.8 Å². The average Bonchev–Trinajstić information content (AvgIpc) is 3.18. The van der Waals surface area contributed by atoms with Crippen LogP contribution in [0.1, 0.15) is 43.5 Å². The molecule has 0 saturated carbocycles. The third-order valence-corrected chi connectivity index (χ3v) is 7.46. The lowest BCUT2D eigenvalue weighted by Gasteiger charge is -2.43. The average molecular weight is 509 g/mol. The number of anilines is 1. The Morgan fingerprint density at radius 1 is 1.00 bits per heavy atom. The van der Waals surface area contributed by atoms with Gasteiger partial charge in [0.2, 0.25) is 5.91 Å². The maximum Gasteiger partial charge on any atom is 0.261 e. The van der Waals surface area contributed by atoms with Crippen molar-refractivity contribution < 1.29 is 23.9 Å². The second-order valence-electron chi connectivity index (χ2n) is 9.65. The van der Waals surface area contributed by atoms with Gasteiger partial charge in [-0.1, -0.05) is 31.2 Å². The van der Waals surface area contributed by atoms with E-state index in [0.29, 0.717) is 49.7 Å². The molecule has 2 heterocycles. The summed E-state index contributed by atoms with van der Waals surface area (Å²) in [7, 11) is 3.05. The Balaban J connectivity index is 1.57. The number of carbonyl (C=O) groups excluding carboxylic acids is 3. The zero-order valence-electron chi connectivity index (χ0n) is 22.0. The number of amides is 3. The third-order valence-electron chi connectivity index (χ3n) is 7.46. The fraction of sp³-hybridized carbons (Fsp3) is 0.464. The Kier molecular flexibility index (Phi) is 7.90. The molecule has 3 amide bonds. The summed E-state index contributed by atoms with van der Waals surface area (Å²) in [6, 6.07) is 15.1. The van der Waals surface area contributed by atoms with Crippen molar-refractivity contribution in [1.29, 1.82) is 0 Å². The van der Waals surface area contributed by atoms with E-state index >= 15 is 0 Å². The van der Waals surface area contributed by atoms with Gasteiger partial charge in [0.05, 0.1) is 20.9 Å². The minimum atomic E-state index is -0.820. The van der Waals surface area contributed by atoms with Crippen molar-refractivity contribution in [2.75, 3.05) is 45.4 Å². The molecule has 0 aromatic heterocycles. The summed E-state index contributed by atoms with van der Waals surface area (Å²) in [5, 5.41) is 2.96. The van der Waals surface area contributed by atoms with Crippen molar-refractivity contribution in [3.05, 3.63) is 54.1 Å². The molecule has 0 aliphatic carbocycles. The van der Waals surface area contributed by atoms with Gasteiger partial charge in [0.1, 0.15) is 29.1 Å². The maximum absolute atomic E-state index is 13.9. The number of para-hydroxylation sites is 1. The van der Waals surface area contributed by atoms with Crippen molar-refractivity contribution in [2.24, 2.45) is 0 Å². The quantitative estimate of drug-likeness (QED) is 0.590. The number of hydrogen-bond acceptors (Lipinski definition) is 6. The lowest BCUT2D eigenvalue weighted by atomic mass is 9.85. The van der Waals surface area contributed by atoms with Crippen LogP contribution in [0.5, 0.6) is 11.5 Å². The molecule has 9 nitrogen and oxygen atoms in total. The summed E-state index contributed by atoms with van der Waals surface area (Å²) >= 11 is 0. The highest BCUT2D eigenvalue weighted by atomic mass is 16.5. The predicted molar refractivity (Wildman–Crippen MR) is 141 cm³/mol. The van der Waals surface area contributed by atoms with E-state index in [0.717, 1.165) is 12.1 Å². The molecule has 2 saturated heterocycles. The monoisotopic (exact) mass is 508 g/mol. The van der Waals surface area contributed by atoms with Crippen LogP contribution in [0.4, 0.5) is 5.69 Å². The zero-order valence-corrected chi connectivity index (χ0v) is 22.0. The van der Waals surface area contributed by atoms with Crippen LogP contribution in [-0.4, -0.2) is 79.6 Å². The highest BCUT2D eigenvalue weighted by molar-refractivity contribution is 6.00. The first-order valence-corrected chi connectivity index (χ1v) is 12.8. The Morgan fingerprint density at radius 2 is 1.62 bits per heavy atom. The first-order valence-electron chi connectivity index (χ1n) is 12.8. The van der Waals surface area contributed by atoms with Crippen molar-refractivity contribution in [3.8, 4) is 11.5 Å². The summed E-state index contributed by atoms with van der Waals surface area (Å²) in [5.41, 5.74) is 0.482. The first-order chi connectivity index (χ1) is 17.8. The maximum atomic E-state index is 13.9. The SMILES string of the molecule is CCC(C)NC(=O)CN1CN(c2ccccc2)C2(CCN(C(=O)c3c(OC)cccc3OC)CC2)C1=O. The molecule has 2 aromatic rings. The number of nitrogens with one attached hydrogen (secondary N) is 1. The van der Waals surface area contributed by atoms with Crippen LogP contribution in [0.2, 0.25) is 0 Å². The molecule has 2 aromatic carbocycles. The van der Waals surface area contributed by atoms with Gasteiger partial charge in [-0.3, -0.25) is 14.4 Å². The molecule has 2 aliphatic rings. The summed E-state index contributed by atoms with van der Waals surface area (Å²) in [4.78, 5) is 45.5. The Morgan fingerprint density at radius 3 is 2.19 bits per heavy atom. The summed E-state index contributed by atoms with van der Waals surface area (Å²) in [6.07, 6.45) is 1.72. The molecule has 9 heteroatoms. The molecule has 198 valence electrons.